The van der Waals surface area contributed by atoms with Crippen LogP contribution in [-0.4, -0.2) is 44.4 Å². The van der Waals surface area contributed by atoms with E-state index < -0.39 is 0 Å². The fraction of sp³-hybridized carbons (Fsp3) is 0.455. The van der Waals surface area contributed by atoms with Gasteiger partial charge in [-0.1, -0.05) is 11.3 Å². The molecule has 102 valence electrons. The van der Waals surface area contributed by atoms with E-state index in [1.165, 1.54) is 11.3 Å². The highest BCUT2D eigenvalue weighted by Gasteiger charge is 2.10. The fourth-order valence-corrected chi connectivity index (χ4v) is 2.28. The molecule has 0 aromatic carbocycles. The topological polar surface area (TPSA) is 75.9 Å². The summed E-state index contributed by atoms with van der Waals surface area (Å²) in [7, 11) is 3.76. The van der Waals surface area contributed by atoms with E-state index in [0.717, 1.165) is 10.6 Å². The van der Waals surface area contributed by atoms with Gasteiger partial charge in [-0.15, -0.1) is 10.2 Å². The first-order valence-electron chi connectivity index (χ1n) is 5.79. The maximum absolute atomic E-state index is 11.8. The first kappa shape index (κ1) is 13.6. The van der Waals surface area contributed by atoms with Crippen molar-refractivity contribution in [2.75, 3.05) is 18.9 Å². The van der Waals surface area contributed by atoms with Crippen molar-refractivity contribution in [2.24, 2.45) is 7.05 Å². The van der Waals surface area contributed by atoms with Crippen molar-refractivity contribution < 1.29 is 4.79 Å². The number of likely N-dealkylation sites (N-methyl/N-ethyl adjacent to an activating group) is 1. The maximum Gasteiger partial charge on any atom is 0.240 e. The third kappa shape index (κ3) is 4.11. The Labute approximate surface area is 115 Å². The Kier molecular flexibility index (Phi) is 4.23. The van der Waals surface area contributed by atoms with Crippen molar-refractivity contribution in [2.45, 2.75) is 13.5 Å². The van der Waals surface area contributed by atoms with Crippen molar-refractivity contribution >= 4 is 22.4 Å². The molecular weight excluding hydrogens is 264 g/mol. The SMILES string of the molecule is Cc1nnc(NC(=O)CN(C)Cc2cnn(C)c2)s1. The van der Waals surface area contributed by atoms with E-state index in [1.807, 2.05) is 32.1 Å². The van der Waals surface area contributed by atoms with Crippen molar-refractivity contribution in [1.29, 1.82) is 0 Å². The minimum Gasteiger partial charge on any atom is -0.299 e. The molecule has 0 aliphatic carbocycles. The lowest BCUT2D eigenvalue weighted by Gasteiger charge is -2.14. The van der Waals surface area contributed by atoms with Gasteiger partial charge in [0, 0.05) is 25.4 Å². The Bertz CT molecular complexity index is 563. The zero-order chi connectivity index (χ0) is 13.8. The van der Waals surface area contributed by atoms with Gasteiger partial charge in [0.05, 0.1) is 12.7 Å². The molecule has 0 unspecified atom stereocenters. The smallest absolute Gasteiger partial charge is 0.240 e. The number of aromatic nitrogens is 4. The molecule has 0 atom stereocenters. The third-order valence-electron chi connectivity index (χ3n) is 2.40. The zero-order valence-corrected chi connectivity index (χ0v) is 11.9. The molecule has 2 aromatic rings. The van der Waals surface area contributed by atoms with Gasteiger partial charge in [-0.25, -0.2) is 0 Å². The average Bonchev–Trinajstić information content (AvgIpc) is 2.87. The van der Waals surface area contributed by atoms with Gasteiger partial charge in [0.2, 0.25) is 11.0 Å². The molecule has 1 N–H and O–H groups in total. The molecule has 2 heterocycles. The number of hydrogen-bond acceptors (Lipinski definition) is 6. The Morgan fingerprint density at radius 1 is 1.53 bits per heavy atom. The largest absolute Gasteiger partial charge is 0.299 e. The van der Waals surface area contributed by atoms with E-state index in [4.69, 9.17) is 0 Å². The van der Waals surface area contributed by atoms with Crippen molar-refractivity contribution in [3.63, 3.8) is 0 Å². The Morgan fingerprint density at radius 2 is 2.32 bits per heavy atom. The summed E-state index contributed by atoms with van der Waals surface area (Å²) in [5.74, 6) is -0.0949. The normalized spacial score (nSPS) is 10.9. The molecule has 0 aliphatic rings. The second-order valence-corrected chi connectivity index (χ2v) is 5.55. The summed E-state index contributed by atoms with van der Waals surface area (Å²) in [5.41, 5.74) is 1.07. The van der Waals surface area contributed by atoms with Crippen LogP contribution in [0.2, 0.25) is 0 Å². The summed E-state index contributed by atoms with van der Waals surface area (Å²) in [6.07, 6.45) is 3.73. The van der Waals surface area contributed by atoms with Crippen molar-refractivity contribution in [1.82, 2.24) is 24.9 Å². The second-order valence-electron chi connectivity index (χ2n) is 4.37. The molecule has 0 aliphatic heterocycles. The van der Waals surface area contributed by atoms with E-state index in [0.29, 0.717) is 18.2 Å². The summed E-state index contributed by atoms with van der Waals surface area (Å²) < 4.78 is 1.74. The Morgan fingerprint density at radius 3 is 2.89 bits per heavy atom. The summed E-state index contributed by atoms with van der Waals surface area (Å²) in [6.45, 7) is 2.83. The van der Waals surface area contributed by atoms with Gasteiger partial charge < -0.3 is 0 Å². The van der Waals surface area contributed by atoms with Gasteiger partial charge in [-0.05, 0) is 14.0 Å². The van der Waals surface area contributed by atoms with Crippen LogP contribution in [0.1, 0.15) is 10.6 Å². The van der Waals surface area contributed by atoms with Crippen LogP contribution in [0, 0.1) is 6.92 Å². The van der Waals surface area contributed by atoms with E-state index in [2.05, 4.69) is 20.6 Å². The molecule has 0 spiro atoms. The molecule has 2 aromatic heterocycles. The first-order valence-corrected chi connectivity index (χ1v) is 6.60. The number of carbonyl (C=O) groups is 1. The molecule has 8 heteroatoms. The van der Waals surface area contributed by atoms with Crippen LogP contribution in [-0.2, 0) is 18.4 Å². The summed E-state index contributed by atoms with van der Waals surface area (Å²) in [6, 6.07) is 0. The fourth-order valence-electron chi connectivity index (χ4n) is 1.67. The predicted molar refractivity (Wildman–Crippen MR) is 72.8 cm³/mol. The number of amides is 1. The van der Waals surface area contributed by atoms with Crippen LogP contribution in [0.4, 0.5) is 5.13 Å². The number of rotatable bonds is 5. The van der Waals surface area contributed by atoms with E-state index in [-0.39, 0.29) is 5.91 Å². The molecule has 0 saturated heterocycles. The van der Waals surface area contributed by atoms with E-state index >= 15 is 0 Å². The minimum atomic E-state index is -0.0949. The number of anilines is 1. The van der Waals surface area contributed by atoms with Crippen molar-refractivity contribution in [3.8, 4) is 0 Å². The number of aryl methyl sites for hydroxylation is 2. The van der Waals surface area contributed by atoms with Crippen LogP contribution in [0.3, 0.4) is 0 Å². The quantitative estimate of drug-likeness (QED) is 0.870. The standard InChI is InChI=1S/C11H16N6OS/c1-8-14-15-11(19-8)13-10(18)7-16(2)5-9-4-12-17(3)6-9/h4,6H,5,7H2,1-3H3,(H,13,15,18). The minimum absolute atomic E-state index is 0.0949. The number of hydrogen-bond donors (Lipinski definition) is 1. The molecule has 1 amide bonds. The molecule has 19 heavy (non-hydrogen) atoms. The molecule has 7 nitrogen and oxygen atoms in total. The van der Waals surface area contributed by atoms with Crippen LogP contribution in [0.25, 0.3) is 0 Å². The number of nitrogens with zero attached hydrogens (tertiary/aromatic N) is 5. The zero-order valence-electron chi connectivity index (χ0n) is 11.1. The molecule has 0 fully saturated rings. The summed E-state index contributed by atoms with van der Waals surface area (Å²) in [4.78, 5) is 13.7. The Balaban J connectivity index is 1.81. The molecule has 0 radical (unpaired) electrons. The molecule has 0 saturated carbocycles. The molecular formula is C11H16N6OS. The highest BCUT2D eigenvalue weighted by Crippen LogP contribution is 2.13. The predicted octanol–water partition coefficient (Wildman–Crippen LogP) is 0.651. The lowest BCUT2D eigenvalue weighted by Crippen LogP contribution is -2.29. The van der Waals surface area contributed by atoms with Crippen LogP contribution in [0.15, 0.2) is 12.4 Å². The highest BCUT2D eigenvalue weighted by atomic mass is 32.1. The van der Waals surface area contributed by atoms with Crippen molar-refractivity contribution in [3.05, 3.63) is 23.0 Å². The molecule has 2 rings (SSSR count). The van der Waals surface area contributed by atoms with Gasteiger partial charge in [-0.2, -0.15) is 5.10 Å². The third-order valence-corrected chi connectivity index (χ3v) is 3.15. The number of carbonyl (C=O) groups excluding carboxylic acids is 1. The lowest BCUT2D eigenvalue weighted by atomic mass is 10.3. The lowest BCUT2D eigenvalue weighted by molar-refractivity contribution is -0.117. The van der Waals surface area contributed by atoms with Gasteiger partial charge in [0.1, 0.15) is 5.01 Å². The van der Waals surface area contributed by atoms with Crippen LogP contribution < -0.4 is 5.32 Å². The first-order chi connectivity index (χ1) is 9.02. The van der Waals surface area contributed by atoms with Gasteiger partial charge in [-0.3, -0.25) is 19.7 Å². The molecule has 0 bridgehead atoms. The summed E-state index contributed by atoms with van der Waals surface area (Å²) in [5, 5.41) is 15.9. The van der Waals surface area contributed by atoms with Gasteiger partial charge >= 0.3 is 0 Å². The maximum atomic E-state index is 11.8. The van der Waals surface area contributed by atoms with Crippen LogP contribution >= 0.6 is 11.3 Å². The Hall–Kier alpha value is -1.80. The summed E-state index contributed by atoms with van der Waals surface area (Å²) >= 11 is 1.36. The van der Waals surface area contributed by atoms with Crippen LogP contribution in [0.5, 0.6) is 0 Å². The van der Waals surface area contributed by atoms with E-state index in [1.54, 1.807) is 10.9 Å². The highest BCUT2D eigenvalue weighted by molar-refractivity contribution is 7.15. The second kappa shape index (κ2) is 5.89. The average molecular weight is 280 g/mol. The number of nitrogens with one attached hydrogen (secondary N) is 1. The van der Waals surface area contributed by atoms with Gasteiger partial charge in [0.15, 0.2) is 0 Å². The van der Waals surface area contributed by atoms with Gasteiger partial charge in [0.25, 0.3) is 0 Å². The monoisotopic (exact) mass is 280 g/mol. The van der Waals surface area contributed by atoms with E-state index in [9.17, 15) is 4.79 Å².